The molecule has 0 unspecified atom stereocenters. The van der Waals surface area contributed by atoms with E-state index in [1.807, 2.05) is 6.92 Å². The maximum absolute atomic E-state index is 11.0. The number of hydrogen-bond donors (Lipinski definition) is 1. The fourth-order valence-electron chi connectivity index (χ4n) is 0.904. The van der Waals surface area contributed by atoms with Gasteiger partial charge in [-0.1, -0.05) is 20.8 Å². The van der Waals surface area contributed by atoms with Crippen LogP contribution in [-0.2, 0) is 4.79 Å². The van der Waals surface area contributed by atoms with E-state index in [0.717, 1.165) is 19.4 Å². The van der Waals surface area contributed by atoms with E-state index in [-0.39, 0.29) is 0 Å². The van der Waals surface area contributed by atoms with Crippen molar-refractivity contribution in [2.45, 2.75) is 46.1 Å². The number of Topliss-reactive ketones (excluding diaryl/α,β-unsaturated/α-hetero) is 1. The molecule has 11 heavy (non-hydrogen) atoms. The molecule has 0 aliphatic rings. The van der Waals surface area contributed by atoms with Gasteiger partial charge in [0.15, 0.2) is 0 Å². The molecule has 0 heterocycles. The highest BCUT2D eigenvalue weighted by Gasteiger charge is 1.99. The van der Waals surface area contributed by atoms with Crippen LogP contribution in [0.5, 0.6) is 0 Å². The highest BCUT2D eigenvalue weighted by Crippen LogP contribution is 1.92. The summed E-state index contributed by atoms with van der Waals surface area (Å²) in [6, 6.07) is 0.490. The molecule has 0 bridgehead atoms. The van der Waals surface area contributed by atoms with E-state index in [2.05, 4.69) is 19.2 Å². The Hall–Kier alpha value is -0.370. The first-order chi connectivity index (χ1) is 5.16. The first-order valence-corrected chi connectivity index (χ1v) is 4.42. The Labute approximate surface area is 69.4 Å². The van der Waals surface area contributed by atoms with Crippen molar-refractivity contribution in [1.29, 1.82) is 0 Å². The number of rotatable bonds is 6. The Kier molecular flexibility index (Phi) is 6.13. The van der Waals surface area contributed by atoms with Gasteiger partial charge in [-0.25, -0.2) is 0 Å². The van der Waals surface area contributed by atoms with E-state index in [1.165, 1.54) is 0 Å². The van der Waals surface area contributed by atoms with E-state index in [1.54, 1.807) is 0 Å². The van der Waals surface area contributed by atoms with Crippen molar-refractivity contribution in [3.05, 3.63) is 0 Å². The van der Waals surface area contributed by atoms with Gasteiger partial charge in [0.2, 0.25) is 0 Å². The molecular formula is C9H19NO. The average molecular weight is 157 g/mol. The number of nitrogens with one attached hydrogen (secondary N) is 1. The van der Waals surface area contributed by atoms with Crippen LogP contribution < -0.4 is 5.32 Å². The van der Waals surface area contributed by atoms with Gasteiger partial charge < -0.3 is 5.32 Å². The monoisotopic (exact) mass is 157 g/mol. The third kappa shape index (κ3) is 7.53. The van der Waals surface area contributed by atoms with Crippen LogP contribution in [0.1, 0.15) is 40.0 Å². The van der Waals surface area contributed by atoms with Crippen molar-refractivity contribution in [2.75, 3.05) is 6.54 Å². The summed E-state index contributed by atoms with van der Waals surface area (Å²) in [5.41, 5.74) is 0. The molecule has 2 nitrogen and oxygen atoms in total. The van der Waals surface area contributed by atoms with Crippen LogP contribution >= 0.6 is 0 Å². The molecule has 0 saturated heterocycles. The van der Waals surface area contributed by atoms with Crippen LogP contribution in [-0.4, -0.2) is 18.4 Å². The zero-order valence-electron chi connectivity index (χ0n) is 7.81. The molecule has 0 fully saturated rings. The van der Waals surface area contributed by atoms with Crippen molar-refractivity contribution in [1.82, 2.24) is 5.32 Å². The molecule has 0 atom stereocenters. The van der Waals surface area contributed by atoms with Gasteiger partial charge in [-0.3, -0.25) is 4.79 Å². The van der Waals surface area contributed by atoms with E-state index < -0.39 is 0 Å². The smallest absolute Gasteiger partial charge is 0.134 e. The summed E-state index contributed by atoms with van der Waals surface area (Å²) < 4.78 is 0. The lowest BCUT2D eigenvalue weighted by atomic mass is 10.2. The van der Waals surface area contributed by atoms with Crippen molar-refractivity contribution in [3.8, 4) is 0 Å². The minimum absolute atomic E-state index is 0.376. The number of ketones is 1. The number of hydrogen-bond acceptors (Lipinski definition) is 2. The zero-order chi connectivity index (χ0) is 8.69. The molecule has 0 radical (unpaired) electrons. The average Bonchev–Trinajstić information content (AvgIpc) is 1.87. The Morgan fingerprint density at radius 1 is 1.36 bits per heavy atom. The third-order valence-electron chi connectivity index (χ3n) is 1.49. The van der Waals surface area contributed by atoms with Crippen molar-refractivity contribution in [2.24, 2.45) is 0 Å². The summed E-state index contributed by atoms with van der Waals surface area (Å²) in [6.45, 7) is 7.04. The molecule has 66 valence electrons. The highest BCUT2D eigenvalue weighted by molar-refractivity contribution is 5.78. The SMILES string of the molecule is CCCC(=O)CCNC(C)C. The van der Waals surface area contributed by atoms with E-state index in [0.29, 0.717) is 18.2 Å². The minimum atomic E-state index is 0.376. The molecule has 0 amide bonds. The van der Waals surface area contributed by atoms with Gasteiger partial charge in [0.05, 0.1) is 0 Å². The summed E-state index contributed by atoms with van der Waals surface area (Å²) in [5, 5.41) is 3.21. The van der Waals surface area contributed by atoms with Crippen molar-refractivity contribution >= 4 is 5.78 Å². The zero-order valence-corrected chi connectivity index (χ0v) is 7.81. The molecule has 0 rings (SSSR count). The Morgan fingerprint density at radius 3 is 2.45 bits per heavy atom. The fourth-order valence-corrected chi connectivity index (χ4v) is 0.904. The van der Waals surface area contributed by atoms with Crippen molar-refractivity contribution < 1.29 is 4.79 Å². The largest absolute Gasteiger partial charge is 0.314 e. The Morgan fingerprint density at radius 2 is 2.00 bits per heavy atom. The van der Waals surface area contributed by atoms with Gasteiger partial charge in [0.25, 0.3) is 0 Å². The van der Waals surface area contributed by atoms with Gasteiger partial charge >= 0.3 is 0 Å². The second kappa shape index (κ2) is 6.35. The Balaban J connectivity index is 3.17. The molecule has 0 spiro atoms. The van der Waals surface area contributed by atoms with E-state index in [9.17, 15) is 4.79 Å². The molecule has 0 saturated carbocycles. The summed E-state index contributed by atoms with van der Waals surface area (Å²) in [7, 11) is 0. The summed E-state index contributed by atoms with van der Waals surface area (Å²) >= 11 is 0. The quantitative estimate of drug-likeness (QED) is 0.636. The maximum Gasteiger partial charge on any atom is 0.134 e. The topological polar surface area (TPSA) is 29.1 Å². The molecule has 0 aromatic rings. The lowest BCUT2D eigenvalue weighted by Crippen LogP contribution is -2.25. The first kappa shape index (κ1) is 10.6. The second-order valence-corrected chi connectivity index (χ2v) is 3.15. The van der Waals surface area contributed by atoms with Crippen LogP contribution in [0.2, 0.25) is 0 Å². The molecule has 0 aliphatic heterocycles. The van der Waals surface area contributed by atoms with Crippen LogP contribution in [0.25, 0.3) is 0 Å². The number of carbonyl (C=O) groups is 1. The Bertz CT molecular complexity index is 110. The van der Waals surface area contributed by atoms with Crippen molar-refractivity contribution in [3.63, 3.8) is 0 Å². The van der Waals surface area contributed by atoms with Crippen LogP contribution in [0, 0.1) is 0 Å². The second-order valence-electron chi connectivity index (χ2n) is 3.15. The third-order valence-corrected chi connectivity index (χ3v) is 1.49. The first-order valence-electron chi connectivity index (χ1n) is 4.42. The lowest BCUT2D eigenvalue weighted by Gasteiger charge is -2.06. The van der Waals surface area contributed by atoms with Crippen LogP contribution in [0.4, 0.5) is 0 Å². The fraction of sp³-hybridized carbons (Fsp3) is 0.889. The minimum Gasteiger partial charge on any atom is -0.314 e. The van der Waals surface area contributed by atoms with Gasteiger partial charge in [-0.05, 0) is 6.42 Å². The van der Waals surface area contributed by atoms with E-state index >= 15 is 0 Å². The number of carbonyl (C=O) groups excluding carboxylic acids is 1. The summed E-state index contributed by atoms with van der Waals surface area (Å²) in [5.74, 6) is 0.376. The molecular weight excluding hydrogens is 138 g/mol. The van der Waals surface area contributed by atoms with Gasteiger partial charge in [-0.2, -0.15) is 0 Å². The summed E-state index contributed by atoms with van der Waals surface area (Å²) in [4.78, 5) is 11.0. The standard InChI is InChI=1S/C9H19NO/c1-4-5-9(11)6-7-10-8(2)3/h8,10H,4-7H2,1-3H3. The van der Waals surface area contributed by atoms with Crippen LogP contribution in [0.3, 0.4) is 0 Å². The van der Waals surface area contributed by atoms with Gasteiger partial charge in [0, 0.05) is 25.4 Å². The molecule has 0 aliphatic carbocycles. The normalized spacial score (nSPS) is 10.5. The summed E-state index contributed by atoms with van der Waals surface area (Å²) in [6.07, 6.45) is 2.40. The molecule has 0 aromatic heterocycles. The molecule has 2 heteroatoms. The lowest BCUT2D eigenvalue weighted by molar-refractivity contribution is -0.119. The van der Waals surface area contributed by atoms with Gasteiger partial charge in [0.1, 0.15) is 5.78 Å². The predicted octanol–water partition coefficient (Wildman–Crippen LogP) is 1.74. The molecule has 0 aromatic carbocycles. The molecule has 1 N–H and O–H groups in total. The maximum atomic E-state index is 11.0. The highest BCUT2D eigenvalue weighted by atomic mass is 16.1. The van der Waals surface area contributed by atoms with Gasteiger partial charge in [-0.15, -0.1) is 0 Å². The predicted molar refractivity (Wildman–Crippen MR) is 47.7 cm³/mol. The van der Waals surface area contributed by atoms with E-state index in [4.69, 9.17) is 0 Å². The van der Waals surface area contributed by atoms with Crippen LogP contribution in [0.15, 0.2) is 0 Å².